The largest absolute Gasteiger partial charge is 0.371 e. The van der Waals surface area contributed by atoms with E-state index in [-0.39, 0.29) is 0 Å². The van der Waals surface area contributed by atoms with Crippen LogP contribution in [0.5, 0.6) is 0 Å². The summed E-state index contributed by atoms with van der Waals surface area (Å²) in [7, 11) is 0. The van der Waals surface area contributed by atoms with Crippen molar-refractivity contribution in [2.75, 3.05) is 24.5 Å². The standard InChI is InChI=1S/C14H22N2/c1-12-4-6-14(7-5-12)16-10-3-9-15-13(2)8-11-16/h4-7,13,15H,3,8-11H2,1-2H3. The van der Waals surface area contributed by atoms with Gasteiger partial charge in [-0.3, -0.25) is 0 Å². The fourth-order valence-corrected chi connectivity index (χ4v) is 2.20. The fourth-order valence-electron chi connectivity index (χ4n) is 2.20. The van der Waals surface area contributed by atoms with Crippen molar-refractivity contribution in [2.45, 2.75) is 32.7 Å². The highest BCUT2D eigenvalue weighted by molar-refractivity contribution is 5.47. The number of rotatable bonds is 1. The Morgan fingerprint density at radius 1 is 1.19 bits per heavy atom. The normalized spacial score (nSPS) is 22.6. The van der Waals surface area contributed by atoms with Crippen LogP contribution < -0.4 is 10.2 Å². The van der Waals surface area contributed by atoms with Crippen molar-refractivity contribution in [3.05, 3.63) is 29.8 Å². The molecule has 1 aromatic rings. The van der Waals surface area contributed by atoms with Crippen molar-refractivity contribution < 1.29 is 0 Å². The minimum absolute atomic E-state index is 0.647. The van der Waals surface area contributed by atoms with Gasteiger partial charge in [-0.2, -0.15) is 0 Å². The third kappa shape index (κ3) is 2.99. The van der Waals surface area contributed by atoms with Crippen LogP contribution in [-0.4, -0.2) is 25.7 Å². The molecule has 1 fully saturated rings. The molecule has 1 heterocycles. The Bertz CT molecular complexity index is 318. The monoisotopic (exact) mass is 218 g/mol. The molecule has 0 saturated carbocycles. The maximum Gasteiger partial charge on any atom is 0.0366 e. The summed E-state index contributed by atoms with van der Waals surface area (Å²) in [5, 5.41) is 3.54. The van der Waals surface area contributed by atoms with E-state index in [4.69, 9.17) is 0 Å². The number of anilines is 1. The molecule has 1 aliphatic rings. The number of nitrogens with zero attached hydrogens (tertiary/aromatic N) is 1. The zero-order valence-corrected chi connectivity index (χ0v) is 10.4. The number of hydrogen-bond acceptors (Lipinski definition) is 2. The average molecular weight is 218 g/mol. The topological polar surface area (TPSA) is 15.3 Å². The summed E-state index contributed by atoms with van der Waals surface area (Å²) in [4.78, 5) is 2.51. The Hall–Kier alpha value is -1.02. The van der Waals surface area contributed by atoms with Gasteiger partial charge in [0.1, 0.15) is 0 Å². The first-order chi connectivity index (χ1) is 7.75. The first-order valence-corrected chi connectivity index (χ1v) is 6.31. The Morgan fingerprint density at radius 2 is 1.94 bits per heavy atom. The summed E-state index contributed by atoms with van der Waals surface area (Å²) in [5.41, 5.74) is 2.71. The molecule has 1 aromatic carbocycles. The Labute approximate surface area is 98.7 Å². The van der Waals surface area contributed by atoms with Gasteiger partial charge in [-0.25, -0.2) is 0 Å². The lowest BCUT2D eigenvalue weighted by Gasteiger charge is -2.29. The quantitative estimate of drug-likeness (QED) is 0.779. The third-order valence-corrected chi connectivity index (χ3v) is 3.33. The van der Waals surface area contributed by atoms with Crippen LogP contribution in [0, 0.1) is 6.92 Å². The van der Waals surface area contributed by atoms with Gasteiger partial charge in [-0.15, -0.1) is 0 Å². The Kier molecular flexibility index (Phi) is 3.83. The predicted molar refractivity (Wildman–Crippen MR) is 70.1 cm³/mol. The van der Waals surface area contributed by atoms with Gasteiger partial charge in [0.05, 0.1) is 0 Å². The van der Waals surface area contributed by atoms with E-state index in [0.29, 0.717) is 6.04 Å². The first kappa shape index (κ1) is 11.5. The maximum absolute atomic E-state index is 3.54. The number of hydrogen-bond donors (Lipinski definition) is 1. The van der Waals surface area contributed by atoms with Crippen LogP contribution in [0.25, 0.3) is 0 Å². The van der Waals surface area contributed by atoms with Crippen LogP contribution in [0.3, 0.4) is 0 Å². The van der Waals surface area contributed by atoms with E-state index in [1.54, 1.807) is 0 Å². The lowest BCUT2D eigenvalue weighted by molar-refractivity contribution is 0.475. The molecule has 0 aromatic heterocycles. The van der Waals surface area contributed by atoms with Crippen LogP contribution in [0.1, 0.15) is 25.3 Å². The second-order valence-electron chi connectivity index (χ2n) is 4.82. The van der Waals surface area contributed by atoms with Crippen LogP contribution in [-0.2, 0) is 0 Å². The molecular formula is C14H22N2. The van der Waals surface area contributed by atoms with E-state index in [1.807, 2.05) is 0 Å². The van der Waals surface area contributed by atoms with E-state index in [9.17, 15) is 0 Å². The zero-order valence-electron chi connectivity index (χ0n) is 10.4. The van der Waals surface area contributed by atoms with Crippen LogP contribution in [0.4, 0.5) is 5.69 Å². The molecule has 2 nitrogen and oxygen atoms in total. The highest BCUT2D eigenvalue weighted by atomic mass is 15.1. The molecule has 16 heavy (non-hydrogen) atoms. The molecule has 0 bridgehead atoms. The highest BCUT2D eigenvalue weighted by Crippen LogP contribution is 2.17. The predicted octanol–water partition coefficient (Wildman–Crippen LogP) is 2.57. The SMILES string of the molecule is Cc1ccc(N2CCCNC(C)CC2)cc1. The molecule has 2 heteroatoms. The van der Waals surface area contributed by atoms with Crippen molar-refractivity contribution in [2.24, 2.45) is 0 Å². The molecule has 1 unspecified atom stereocenters. The van der Waals surface area contributed by atoms with Gasteiger partial charge in [0.15, 0.2) is 0 Å². The lowest BCUT2D eigenvalue weighted by Crippen LogP contribution is -2.38. The fraction of sp³-hybridized carbons (Fsp3) is 0.571. The summed E-state index contributed by atoms with van der Waals surface area (Å²) in [6, 6.07) is 9.54. The molecule has 0 amide bonds. The van der Waals surface area contributed by atoms with Gasteiger partial charge in [-0.05, 0) is 45.4 Å². The lowest BCUT2D eigenvalue weighted by atomic mass is 10.1. The van der Waals surface area contributed by atoms with Crippen molar-refractivity contribution >= 4 is 5.69 Å². The molecule has 0 spiro atoms. The molecule has 2 rings (SSSR count). The van der Waals surface area contributed by atoms with Gasteiger partial charge < -0.3 is 10.2 Å². The van der Waals surface area contributed by atoms with Crippen molar-refractivity contribution in [1.29, 1.82) is 0 Å². The van der Waals surface area contributed by atoms with E-state index in [0.717, 1.165) is 13.1 Å². The third-order valence-electron chi connectivity index (χ3n) is 3.33. The van der Waals surface area contributed by atoms with Gasteiger partial charge in [0.25, 0.3) is 0 Å². The molecule has 1 saturated heterocycles. The summed E-state index contributed by atoms with van der Waals surface area (Å²) < 4.78 is 0. The van der Waals surface area contributed by atoms with Gasteiger partial charge in [0, 0.05) is 24.8 Å². The van der Waals surface area contributed by atoms with Gasteiger partial charge in [0.2, 0.25) is 0 Å². The highest BCUT2D eigenvalue weighted by Gasteiger charge is 2.11. The van der Waals surface area contributed by atoms with E-state index >= 15 is 0 Å². The molecule has 88 valence electrons. The average Bonchev–Trinajstić information content (AvgIpc) is 2.26. The van der Waals surface area contributed by atoms with Crippen LogP contribution >= 0.6 is 0 Å². The molecule has 1 atom stereocenters. The van der Waals surface area contributed by atoms with E-state index < -0.39 is 0 Å². The Balaban J connectivity index is 2.04. The number of benzene rings is 1. The summed E-state index contributed by atoms with van der Waals surface area (Å²) in [6.07, 6.45) is 2.46. The second kappa shape index (κ2) is 5.35. The molecule has 1 aliphatic heterocycles. The summed E-state index contributed by atoms with van der Waals surface area (Å²) in [6.45, 7) is 7.89. The van der Waals surface area contributed by atoms with E-state index in [1.165, 1.54) is 30.6 Å². The second-order valence-corrected chi connectivity index (χ2v) is 4.82. The van der Waals surface area contributed by atoms with Crippen molar-refractivity contribution in [3.8, 4) is 0 Å². The van der Waals surface area contributed by atoms with Crippen molar-refractivity contribution in [3.63, 3.8) is 0 Å². The van der Waals surface area contributed by atoms with Crippen molar-refractivity contribution in [1.82, 2.24) is 5.32 Å². The molecular weight excluding hydrogens is 196 g/mol. The minimum atomic E-state index is 0.647. The van der Waals surface area contributed by atoms with Crippen LogP contribution in [0.2, 0.25) is 0 Å². The zero-order chi connectivity index (χ0) is 11.4. The molecule has 0 radical (unpaired) electrons. The van der Waals surface area contributed by atoms with Gasteiger partial charge in [-0.1, -0.05) is 17.7 Å². The Morgan fingerprint density at radius 3 is 2.69 bits per heavy atom. The van der Waals surface area contributed by atoms with Gasteiger partial charge >= 0.3 is 0 Å². The molecule has 1 N–H and O–H groups in total. The number of nitrogens with one attached hydrogen (secondary N) is 1. The number of aryl methyl sites for hydroxylation is 1. The summed E-state index contributed by atoms with van der Waals surface area (Å²) in [5.74, 6) is 0. The van der Waals surface area contributed by atoms with Crippen LogP contribution in [0.15, 0.2) is 24.3 Å². The first-order valence-electron chi connectivity index (χ1n) is 6.31. The summed E-state index contributed by atoms with van der Waals surface area (Å²) >= 11 is 0. The molecule has 0 aliphatic carbocycles. The smallest absolute Gasteiger partial charge is 0.0366 e. The van der Waals surface area contributed by atoms with E-state index in [2.05, 4.69) is 48.3 Å². The maximum atomic E-state index is 3.54. The minimum Gasteiger partial charge on any atom is -0.371 e.